The Labute approximate surface area is 88.5 Å². The molecule has 0 aromatic carbocycles. The second kappa shape index (κ2) is 4.82. The molecule has 1 aliphatic carbocycles. The van der Waals surface area contributed by atoms with Crippen LogP contribution in [0.1, 0.15) is 59.3 Å². The van der Waals surface area contributed by atoms with Crippen LogP contribution < -0.4 is 0 Å². The van der Waals surface area contributed by atoms with Crippen molar-refractivity contribution in [2.45, 2.75) is 59.3 Å². The van der Waals surface area contributed by atoms with Gasteiger partial charge in [0.1, 0.15) is 0 Å². The van der Waals surface area contributed by atoms with Gasteiger partial charge in [0.15, 0.2) is 0 Å². The maximum absolute atomic E-state index is 8.57. The molecule has 0 radical (unpaired) electrons. The molecule has 0 spiro atoms. The highest BCUT2D eigenvalue weighted by molar-refractivity contribution is 4.82. The predicted molar refractivity (Wildman–Crippen MR) is 59.8 cm³/mol. The fraction of sp³-hybridized carbons (Fsp3) is 0.923. The molecule has 2 atom stereocenters. The fourth-order valence-electron chi connectivity index (χ4n) is 2.61. The molecule has 1 fully saturated rings. The second-order valence-electron chi connectivity index (χ2n) is 5.79. The van der Waals surface area contributed by atoms with E-state index in [2.05, 4.69) is 26.8 Å². The van der Waals surface area contributed by atoms with Gasteiger partial charge in [0.2, 0.25) is 0 Å². The first-order chi connectivity index (χ1) is 6.54. The third kappa shape index (κ3) is 3.33. The zero-order chi connectivity index (χ0) is 10.6. The Bertz CT molecular complexity index is 206. The summed E-state index contributed by atoms with van der Waals surface area (Å²) < 4.78 is 0. The lowest BCUT2D eigenvalue weighted by Gasteiger charge is -2.37. The Balaban J connectivity index is 2.40. The lowest BCUT2D eigenvalue weighted by molar-refractivity contribution is 0.138. The minimum atomic E-state index is 0.464. The van der Waals surface area contributed by atoms with Gasteiger partial charge in [-0.05, 0) is 36.5 Å². The summed E-state index contributed by atoms with van der Waals surface area (Å²) in [7, 11) is 0. The van der Waals surface area contributed by atoms with E-state index in [0.29, 0.717) is 5.41 Å². The second-order valence-corrected chi connectivity index (χ2v) is 5.79. The van der Waals surface area contributed by atoms with Crippen LogP contribution in [0.25, 0.3) is 0 Å². The smallest absolute Gasteiger partial charge is 0.0621 e. The molecule has 0 aliphatic heterocycles. The molecule has 0 aromatic rings. The maximum atomic E-state index is 8.57. The van der Waals surface area contributed by atoms with Crippen molar-refractivity contribution in [1.29, 1.82) is 5.26 Å². The third-order valence-electron chi connectivity index (χ3n) is 3.67. The van der Waals surface area contributed by atoms with Crippen LogP contribution in [0.5, 0.6) is 0 Å². The maximum Gasteiger partial charge on any atom is 0.0621 e. The van der Waals surface area contributed by atoms with Gasteiger partial charge in [-0.2, -0.15) is 5.26 Å². The number of hydrogen-bond acceptors (Lipinski definition) is 1. The van der Waals surface area contributed by atoms with Gasteiger partial charge in [-0.15, -0.1) is 0 Å². The topological polar surface area (TPSA) is 23.8 Å². The van der Waals surface area contributed by atoms with E-state index < -0.39 is 0 Å². The zero-order valence-electron chi connectivity index (χ0n) is 9.84. The van der Waals surface area contributed by atoms with Gasteiger partial charge < -0.3 is 0 Å². The molecule has 0 aromatic heterocycles. The predicted octanol–water partition coefficient (Wildman–Crippen LogP) is 4.14. The van der Waals surface area contributed by atoms with Gasteiger partial charge in [-0.3, -0.25) is 0 Å². The average molecular weight is 193 g/mol. The van der Waals surface area contributed by atoms with Crippen molar-refractivity contribution in [3.8, 4) is 6.07 Å². The van der Waals surface area contributed by atoms with Gasteiger partial charge in [0.25, 0.3) is 0 Å². The van der Waals surface area contributed by atoms with Crippen LogP contribution in [-0.2, 0) is 0 Å². The summed E-state index contributed by atoms with van der Waals surface area (Å²) in [5.41, 5.74) is 0.464. The van der Waals surface area contributed by atoms with E-state index in [1.165, 1.54) is 25.7 Å². The molecular formula is C13H23N. The van der Waals surface area contributed by atoms with Gasteiger partial charge in [-0.1, -0.05) is 33.6 Å². The van der Waals surface area contributed by atoms with Crippen molar-refractivity contribution in [2.75, 3.05) is 0 Å². The van der Waals surface area contributed by atoms with E-state index >= 15 is 0 Å². The summed E-state index contributed by atoms with van der Waals surface area (Å²) in [5, 5.41) is 8.57. The Hall–Kier alpha value is -0.510. The van der Waals surface area contributed by atoms with Crippen molar-refractivity contribution in [3.05, 3.63) is 0 Å². The normalized spacial score (nSPS) is 28.4. The summed E-state index contributed by atoms with van der Waals surface area (Å²) in [6, 6.07) is 2.27. The Morgan fingerprint density at radius 1 is 1.29 bits per heavy atom. The first kappa shape index (κ1) is 11.6. The molecule has 1 rings (SSSR count). The molecule has 1 saturated carbocycles. The molecule has 0 unspecified atom stereocenters. The molecule has 14 heavy (non-hydrogen) atoms. The lowest BCUT2D eigenvalue weighted by atomic mass is 9.68. The molecule has 1 heteroatoms. The SMILES string of the molecule is CC(C)(C)[C@@H]1CCC[C@H](CCC#N)C1. The number of nitriles is 1. The first-order valence-electron chi connectivity index (χ1n) is 5.91. The summed E-state index contributed by atoms with van der Waals surface area (Å²) in [5.74, 6) is 1.70. The van der Waals surface area contributed by atoms with Crippen LogP contribution in [0.3, 0.4) is 0 Å². The molecule has 1 aliphatic rings. The zero-order valence-corrected chi connectivity index (χ0v) is 9.84. The van der Waals surface area contributed by atoms with Crippen molar-refractivity contribution < 1.29 is 0 Å². The Kier molecular flexibility index (Phi) is 3.98. The van der Waals surface area contributed by atoms with Crippen molar-refractivity contribution in [1.82, 2.24) is 0 Å². The van der Waals surface area contributed by atoms with E-state index in [1.54, 1.807) is 0 Å². The molecule has 1 nitrogen and oxygen atoms in total. The summed E-state index contributed by atoms with van der Waals surface area (Å²) in [6.07, 6.45) is 7.36. The first-order valence-corrected chi connectivity index (χ1v) is 5.91. The van der Waals surface area contributed by atoms with Crippen molar-refractivity contribution in [3.63, 3.8) is 0 Å². The molecule has 0 bridgehead atoms. The van der Waals surface area contributed by atoms with Crippen LogP contribution in [0.2, 0.25) is 0 Å². The molecule has 0 amide bonds. The van der Waals surface area contributed by atoms with Crippen LogP contribution in [-0.4, -0.2) is 0 Å². The quantitative estimate of drug-likeness (QED) is 0.646. The highest BCUT2D eigenvalue weighted by Gasteiger charge is 2.30. The van der Waals surface area contributed by atoms with E-state index in [0.717, 1.165) is 24.7 Å². The summed E-state index contributed by atoms with van der Waals surface area (Å²) in [4.78, 5) is 0. The minimum absolute atomic E-state index is 0.464. The fourth-order valence-corrected chi connectivity index (χ4v) is 2.61. The molecule has 0 heterocycles. The van der Waals surface area contributed by atoms with E-state index in [-0.39, 0.29) is 0 Å². The minimum Gasteiger partial charge on any atom is -0.198 e. The van der Waals surface area contributed by atoms with Crippen LogP contribution in [0.4, 0.5) is 0 Å². The van der Waals surface area contributed by atoms with Crippen molar-refractivity contribution >= 4 is 0 Å². The third-order valence-corrected chi connectivity index (χ3v) is 3.67. The van der Waals surface area contributed by atoms with Crippen LogP contribution in [0, 0.1) is 28.6 Å². The molecule has 80 valence electrons. The molecule has 0 N–H and O–H groups in total. The number of nitrogens with zero attached hydrogens (tertiary/aromatic N) is 1. The van der Waals surface area contributed by atoms with Crippen LogP contribution >= 0.6 is 0 Å². The standard InChI is InChI=1S/C13H23N/c1-13(2,3)12-8-4-6-11(10-12)7-5-9-14/h11-12H,4-8,10H2,1-3H3/t11-,12-/m1/s1. The summed E-state index contributed by atoms with van der Waals surface area (Å²) in [6.45, 7) is 7.05. The van der Waals surface area contributed by atoms with Gasteiger partial charge >= 0.3 is 0 Å². The highest BCUT2D eigenvalue weighted by Crippen LogP contribution is 2.41. The Morgan fingerprint density at radius 3 is 2.57 bits per heavy atom. The lowest BCUT2D eigenvalue weighted by Crippen LogP contribution is -2.26. The van der Waals surface area contributed by atoms with Crippen molar-refractivity contribution in [2.24, 2.45) is 17.3 Å². The molecular weight excluding hydrogens is 170 g/mol. The number of hydrogen-bond donors (Lipinski definition) is 0. The Morgan fingerprint density at radius 2 is 2.00 bits per heavy atom. The largest absolute Gasteiger partial charge is 0.198 e. The van der Waals surface area contributed by atoms with E-state index in [9.17, 15) is 0 Å². The van der Waals surface area contributed by atoms with Gasteiger partial charge in [-0.25, -0.2) is 0 Å². The summed E-state index contributed by atoms with van der Waals surface area (Å²) >= 11 is 0. The number of rotatable bonds is 2. The monoisotopic (exact) mass is 193 g/mol. The highest BCUT2D eigenvalue weighted by atomic mass is 14.4. The van der Waals surface area contributed by atoms with E-state index in [4.69, 9.17) is 5.26 Å². The average Bonchev–Trinajstić information content (AvgIpc) is 2.14. The van der Waals surface area contributed by atoms with Gasteiger partial charge in [0.05, 0.1) is 6.07 Å². The van der Waals surface area contributed by atoms with Gasteiger partial charge in [0, 0.05) is 6.42 Å². The van der Waals surface area contributed by atoms with Crippen LogP contribution in [0.15, 0.2) is 0 Å². The van der Waals surface area contributed by atoms with E-state index in [1.807, 2.05) is 0 Å². The molecule has 0 saturated heterocycles.